The van der Waals surface area contributed by atoms with Crippen LogP contribution in [-0.4, -0.2) is 23.4 Å². The fourth-order valence-electron chi connectivity index (χ4n) is 2.49. The average Bonchev–Trinajstić information content (AvgIpc) is 2.47. The van der Waals surface area contributed by atoms with Gasteiger partial charge in [0.2, 0.25) is 0 Å². The summed E-state index contributed by atoms with van der Waals surface area (Å²) >= 11 is 0. The van der Waals surface area contributed by atoms with Crippen LogP contribution in [0.3, 0.4) is 0 Å². The molecule has 4 nitrogen and oxygen atoms in total. The van der Waals surface area contributed by atoms with Crippen molar-refractivity contribution in [3.05, 3.63) is 53.6 Å². The number of methoxy groups -OCH3 is 1. The molecule has 1 aliphatic heterocycles. The first-order valence-electron chi connectivity index (χ1n) is 6.48. The third-order valence-electron chi connectivity index (χ3n) is 3.55. The summed E-state index contributed by atoms with van der Waals surface area (Å²) in [6.07, 6.45) is -0.779. The summed E-state index contributed by atoms with van der Waals surface area (Å²) in [4.78, 5) is 0. The SMILES string of the molecule is COc1ccc2c(c1)O[C@H](c1ccccc1O)[C@@H](O)C2. The Morgan fingerprint density at radius 3 is 2.75 bits per heavy atom. The van der Waals surface area contributed by atoms with Crippen LogP contribution in [0.4, 0.5) is 0 Å². The van der Waals surface area contributed by atoms with E-state index in [1.807, 2.05) is 18.2 Å². The van der Waals surface area contributed by atoms with Crippen molar-refractivity contribution >= 4 is 0 Å². The van der Waals surface area contributed by atoms with E-state index < -0.39 is 12.2 Å². The number of para-hydroxylation sites is 1. The Morgan fingerprint density at radius 1 is 1.20 bits per heavy atom. The van der Waals surface area contributed by atoms with Gasteiger partial charge >= 0.3 is 0 Å². The minimum atomic E-state index is -0.691. The van der Waals surface area contributed by atoms with Crippen molar-refractivity contribution in [2.24, 2.45) is 0 Å². The molecule has 0 amide bonds. The highest BCUT2D eigenvalue weighted by atomic mass is 16.5. The van der Waals surface area contributed by atoms with E-state index >= 15 is 0 Å². The van der Waals surface area contributed by atoms with Crippen molar-refractivity contribution in [3.8, 4) is 17.2 Å². The van der Waals surface area contributed by atoms with Crippen molar-refractivity contribution in [1.29, 1.82) is 0 Å². The average molecular weight is 272 g/mol. The summed E-state index contributed by atoms with van der Waals surface area (Å²) in [7, 11) is 1.60. The van der Waals surface area contributed by atoms with E-state index in [1.165, 1.54) is 0 Å². The lowest BCUT2D eigenvalue weighted by molar-refractivity contribution is 0.0194. The quantitative estimate of drug-likeness (QED) is 0.881. The van der Waals surface area contributed by atoms with E-state index in [9.17, 15) is 10.2 Å². The fraction of sp³-hybridized carbons (Fsp3) is 0.250. The smallest absolute Gasteiger partial charge is 0.153 e. The molecule has 0 aromatic heterocycles. The molecule has 0 aliphatic carbocycles. The number of phenolic OH excluding ortho intramolecular Hbond substituents is 1. The summed E-state index contributed by atoms with van der Waals surface area (Å²) in [5, 5.41) is 20.2. The first kappa shape index (κ1) is 12.8. The predicted octanol–water partition coefficient (Wildman–Crippen LogP) is 2.44. The Bertz CT molecular complexity index is 624. The van der Waals surface area contributed by atoms with Crippen molar-refractivity contribution < 1.29 is 19.7 Å². The van der Waals surface area contributed by atoms with Crippen LogP contribution in [0.25, 0.3) is 0 Å². The summed E-state index contributed by atoms with van der Waals surface area (Å²) < 4.78 is 11.0. The topological polar surface area (TPSA) is 58.9 Å². The van der Waals surface area contributed by atoms with Gasteiger partial charge in [-0.25, -0.2) is 0 Å². The lowest BCUT2D eigenvalue weighted by Gasteiger charge is -2.31. The minimum Gasteiger partial charge on any atom is -0.508 e. The number of hydrogen-bond donors (Lipinski definition) is 2. The second-order valence-electron chi connectivity index (χ2n) is 4.84. The molecule has 4 heteroatoms. The highest BCUT2D eigenvalue weighted by Gasteiger charge is 2.31. The van der Waals surface area contributed by atoms with Gasteiger partial charge in [-0.05, 0) is 17.7 Å². The molecule has 0 unspecified atom stereocenters. The summed E-state index contributed by atoms with van der Waals surface area (Å²) in [6.45, 7) is 0. The van der Waals surface area contributed by atoms with Gasteiger partial charge in [0.15, 0.2) is 6.10 Å². The minimum absolute atomic E-state index is 0.128. The van der Waals surface area contributed by atoms with E-state index in [0.29, 0.717) is 23.5 Å². The molecule has 1 heterocycles. The van der Waals surface area contributed by atoms with Crippen LogP contribution < -0.4 is 9.47 Å². The first-order chi connectivity index (χ1) is 9.69. The van der Waals surface area contributed by atoms with E-state index in [1.54, 1.807) is 31.4 Å². The zero-order chi connectivity index (χ0) is 14.1. The number of aliphatic hydroxyl groups is 1. The number of aliphatic hydroxyl groups excluding tert-OH is 1. The Morgan fingerprint density at radius 2 is 2.00 bits per heavy atom. The van der Waals surface area contributed by atoms with Crippen molar-refractivity contribution in [1.82, 2.24) is 0 Å². The lowest BCUT2D eigenvalue weighted by Crippen LogP contribution is -2.30. The van der Waals surface area contributed by atoms with Gasteiger partial charge in [-0.3, -0.25) is 0 Å². The fourth-order valence-corrected chi connectivity index (χ4v) is 2.49. The monoisotopic (exact) mass is 272 g/mol. The zero-order valence-electron chi connectivity index (χ0n) is 11.1. The number of ether oxygens (including phenoxy) is 2. The normalized spacial score (nSPS) is 20.9. The third-order valence-corrected chi connectivity index (χ3v) is 3.55. The Balaban J connectivity index is 1.97. The van der Waals surface area contributed by atoms with E-state index in [0.717, 1.165) is 5.56 Å². The Hall–Kier alpha value is -2.20. The van der Waals surface area contributed by atoms with Crippen LogP contribution in [0, 0.1) is 0 Å². The second kappa shape index (κ2) is 5.06. The maximum absolute atomic E-state index is 10.3. The van der Waals surface area contributed by atoms with Gasteiger partial charge in [-0.15, -0.1) is 0 Å². The molecular formula is C16H16O4. The molecule has 2 N–H and O–H groups in total. The molecular weight excluding hydrogens is 256 g/mol. The number of fused-ring (bicyclic) bond motifs is 1. The third kappa shape index (κ3) is 2.18. The molecule has 104 valence electrons. The predicted molar refractivity (Wildman–Crippen MR) is 74.2 cm³/mol. The van der Waals surface area contributed by atoms with E-state index in [2.05, 4.69) is 0 Å². The Labute approximate surface area is 117 Å². The molecule has 2 aromatic carbocycles. The van der Waals surface area contributed by atoms with Gasteiger partial charge in [0.25, 0.3) is 0 Å². The summed E-state index contributed by atoms with van der Waals surface area (Å²) in [5.74, 6) is 1.52. The Kier molecular flexibility index (Phi) is 3.24. The number of phenols is 1. The van der Waals surface area contributed by atoms with Gasteiger partial charge in [-0.1, -0.05) is 24.3 Å². The molecule has 1 aliphatic rings. The van der Waals surface area contributed by atoms with Crippen molar-refractivity contribution in [2.45, 2.75) is 18.6 Å². The summed E-state index contributed by atoms with van der Waals surface area (Å²) in [5.41, 5.74) is 1.53. The number of benzene rings is 2. The molecule has 0 radical (unpaired) electrons. The molecule has 2 atom stereocenters. The van der Waals surface area contributed by atoms with Gasteiger partial charge in [0.1, 0.15) is 17.2 Å². The number of aromatic hydroxyl groups is 1. The van der Waals surface area contributed by atoms with Crippen LogP contribution >= 0.6 is 0 Å². The maximum Gasteiger partial charge on any atom is 0.153 e. The van der Waals surface area contributed by atoms with Crippen LogP contribution in [0.2, 0.25) is 0 Å². The van der Waals surface area contributed by atoms with Crippen molar-refractivity contribution in [3.63, 3.8) is 0 Å². The standard InChI is InChI=1S/C16H16O4/c1-19-11-7-6-10-8-14(18)16(20-15(10)9-11)12-4-2-3-5-13(12)17/h2-7,9,14,16-18H,8H2,1H3/t14-,16+/m0/s1. The van der Waals surface area contributed by atoms with Crippen LogP contribution in [0.15, 0.2) is 42.5 Å². The van der Waals surface area contributed by atoms with Gasteiger partial charge in [0.05, 0.1) is 13.2 Å². The van der Waals surface area contributed by atoms with Crippen LogP contribution in [0.1, 0.15) is 17.2 Å². The first-order valence-corrected chi connectivity index (χ1v) is 6.48. The molecule has 0 bridgehead atoms. The molecule has 3 rings (SSSR count). The molecule has 0 saturated heterocycles. The molecule has 0 saturated carbocycles. The molecule has 2 aromatic rings. The highest BCUT2D eigenvalue weighted by molar-refractivity contribution is 5.45. The van der Waals surface area contributed by atoms with Crippen LogP contribution in [0.5, 0.6) is 17.2 Å². The molecule has 0 spiro atoms. The highest BCUT2D eigenvalue weighted by Crippen LogP contribution is 2.39. The lowest BCUT2D eigenvalue weighted by atomic mass is 9.94. The molecule has 20 heavy (non-hydrogen) atoms. The largest absolute Gasteiger partial charge is 0.508 e. The van der Waals surface area contributed by atoms with Gasteiger partial charge in [0, 0.05) is 18.1 Å². The zero-order valence-corrected chi connectivity index (χ0v) is 11.1. The van der Waals surface area contributed by atoms with E-state index in [4.69, 9.17) is 9.47 Å². The van der Waals surface area contributed by atoms with Gasteiger partial charge in [-0.2, -0.15) is 0 Å². The number of rotatable bonds is 2. The maximum atomic E-state index is 10.3. The van der Waals surface area contributed by atoms with Gasteiger partial charge < -0.3 is 19.7 Å². The van der Waals surface area contributed by atoms with Crippen LogP contribution in [-0.2, 0) is 6.42 Å². The molecule has 0 fully saturated rings. The second-order valence-corrected chi connectivity index (χ2v) is 4.84. The van der Waals surface area contributed by atoms with Crippen molar-refractivity contribution in [2.75, 3.05) is 7.11 Å². The summed E-state index contributed by atoms with van der Waals surface area (Å²) in [6, 6.07) is 12.4. The van der Waals surface area contributed by atoms with E-state index in [-0.39, 0.29) is 5.75 Å². The number of hydrogen-bond acceptors (Lipinski definition) is 4.